The molecule has 2 aromatic carbocycles. The molecule has 118 valence electrons. The minimum Gasteiger partial charge on any atom is -0.391 e. The summed E-state index contributed by atoms with van der Waals surface area (Å²) >= 11 is 0. The van der Waals surface area contributed by atoms with Gasteiger partial charge in [-0.15, -0.1) is 0 Å². The summed E-state index contributed by atoms with van der Waals surface area (Å²) in [6.07, 6.45) is -0.496. The molecule has 1 N–H and O–H groups in total. The molecule has 1 aromatic heterocycles. The van der Waals surface area contributed by atoms with Gasteiger partial charge < -0.3 is 9.67 Å². The van der Waals surface area contributed by atoms with Crippen molar-refractivity contribution in [1.82, 2.24) is 4.57 Å². The lowest BCUT2D eigenvalue weighted by Crippen LogP contribution is -2.19. The maximum Gasteiger partial charge on any atom is 0.195 e. The fourth-order valence-electron chi connectivity index (χ4n) is 3.15. The summed E-state index contributed by atoms with van der Waals surface area (Å²) in [5.41, 5.74) is 3.29. The van der Waals surface area contributed by atoms with Gasteiger partial charge >= 0.3 is 0 Å². The quantitative estimate of drug-likeness (QED) is 0.737. The van der Waals surface area contributed by atoms with Crippen molar-refractivity contribution in [2.45, 2.75) is 32.9 Å². The van der Waals surface area contributed by atoms with Crippen LogP contribution in [0.1, 0.15) is 41.5 Å². The van der Waals surface area contributed by atoms with Gasteiger partial charge in [0, 0.05) is 22.2 Å². The van der Waals surface area contributed by atoms with Crippen molar-refractivity contribution >= 4 is 16.7 Å². The van der Waals surface area contributed by atoms with Crippen LogP contribution in [0.25, 0.3) is 10.9 Å². The first kappa shape index (κ1) is 15.5. The molecule has 0 fully saturated rings. The number of para-hydroxylation sites is 1. The molecular weight excluding hydrogens is 286 g/mol. The highest BCUT2D eigenvalue weighted by atomic mass is 16.3. The fourth-order valence-corrected chi connectivity index (χ4v) is 3.15. The summed E-state index contributed by atoms with van der Waals surface area (Å²) < 4.78 is 2.07. The van der Waals surface area contributed by atoms with Gasteiger partial charge in [0.05, 0.1) is 17.7 Å². The van der Waals surface area contributed by atoms with E-state index in [1.807, 2.05) is 68.4 Å². The number of hydrogen-bond acceptors (Lipinski definition) is 2. The summed E-state index contributed by atoms with van der Waals surface area (Å²) in [5, 5.41) is 11.0. The lowest BCUT2D eigenvalue weighted by molar-refractivity contribution is 0.103. The number of benzene rings is 2. The van der Waals surface area contributed by atoms with Gasteiger partial charge in [0.1, 0.15) is 0 Å². The Bertz CT molecular complexity index is 847. The zero-order valence-corrected chi connectivity index (χ0v) is 13.7. The van der Waals surface area contributed by atoms with E-state index in [0.29, 0.717) is 5.56 Å². The number of aliphatic hydroxyl groups is 1. The highest BCUT2D eigenvalue weighted by molar-refractivity contribution is 6.17. The summed E-state index contributed by atoms with van der Waals surface area (Å²) in [6.45, 7) is 5.70. The van der Waals surface area contributed by atoms with E-state index in [1.54, 1.807) is 6.92 Å². The van der Waals surface area contributed by atoms with E-state index in [9.17, 15) is 9.90 Å². The Labute approximate surface area is 136 Å². The predicted octanol–water partition coefficient (Wildman–Crippen LogP) is 4.12. The van der Waals surface area contributed by atoms with E-state index < -0.39 is 6.10 Å². The molecule has 3 nitrogen and oxygen atoms in total. The molecular formula is C20H21NO2. The minimum absolute atomic E-state index is 0.0239. The van der Waals surface area contributed by atoms with Gasteiger partial charge in [0.25, 0.3) is 0 Å². The van der Waals surface area contributed by atoms with Crippen LogP contribution in [0.5, 0.6) is 0 Å². The van der Waals surface area contributed by atoms with Crippen molar-refractivity contribution in [2.24, 2.45) is 0 Å². The second-order valence-corrected chi connectivity index (χ2v) is 6.02. The molecule has 0 saturated heterocycles. The third-order valence-electron chi connectivity index (χ3n) is 4.52. The van der Waals surface area contributed by atoms with Crippen molar-refractivity contribution in [3.8, 4) is 0 Å². The Morgan fingerprint density at radius 1 is 1.00 bits per heavy atom. The van der Waals surface area contributed by atoms with E-state index in [2.05, 4.69) is 4.57 Å². The Morgan fingerprint density at radius 2 is 1.61 bits per heavy atom. The maximum atomic E-state index is 13.0. The van der Waals surface area contributed by atoms with Gasteiger partial charge in [0.2, 0.25) is 0 Å². The third kappa shape index (κ3) is 2.57. The van der Waals surface area contributed by atoms with Crippen LogP contribution in [-0.2, 0) is 0 Å². The monoisotopic (exact) mass is 307 g/mol. The van der Waals surface area contributed by atoms with Gasteiger partial charge in [-0.25, -0.2) is 0 Å². The first-order valence-corrected chi connectivity index (χ1v) is 7.89. The van der Waals surface area contributed by atoms with Gasteiger partial charge in [0.15, 0.2) is 5.78 Å². The molecule has 0 saturated carbocycles. The molecule has 3 aromatic rings. The molecule has 2 unspecified atom stereocenters. The standard InChI is InChI=1S/C20H21NO2/c1-13(15(3)22)21-14(2)19(17-11-7-8-12-18(17)21)20(23)16-9-5-4-6-10-16/h4-13,15,22H,1-3H3. The number of aliphatic hydroxyl groups excluding tert-OH is 1. The van der Waals surface area contributed by atoms with Crippen LogP contribution in [0.3, 0.4) is 0 Å². The average molecular weight is 307 g/mol. The molecule has 3 heteroatoms. The zero-order valence-electron chi connectivity index (χ0n) is 13.7. The van der Waals surface area contributed by atoms with Crippen molar-refractivity contribution in [1.29, 1.82) is 0 Å². The fraction of sp³-hybridized carbons (Fsp3) is 0.250. The highest BCUT2D eigenvalue weighted by Crippen LogP contribution is 2.31. The number of nitrogens with zero attached hydrogens (tertiary/aromatic N) is 1. The van der Waals surface area contributed by atoms with E-state index in [1.165, 1.54) is 0 Å². The Hall–Kier alpha value is -2.39. The average Bonchev–Trinajstić information content (AvgIpc) is 2.86. The van der Waals surface area contributed by atoms with Crippen LogP contribution in [-0.4, -0.2) is 21.6 Å². The normalized spacial score (nSPS) is 13.9. The summed E-state index contributed by atoms with van der Waals surface area (Å²) in [4.78, 5) is 13.0. The van der Waals surface area contributed by atoms with Gasteiger partial charge in [-0.3, -0.25) is 4.79 Å². The maximum absolute atomic E-state index is 13.0. The van der Waals surface area contributed by atoms with Crippen LogP contribution in [0, 0.1) is 6.92 Å². The number of hydrogen-bond donors (Lipinski definition) is 1. The second-order valence-electron chi connectivity index (χ2n) is 6.02. The molecule has 1 heterocycles. The van der Waals surface area contributed by atoms with E-state index >= 15 is 0 Å². The Morgan fingerprint density at radius 3 is 2.26 bits per heavy atom. The van der Waals surface area contributed by atoms with Crippen LogP contribution in [0.2, 0.25) is 0 Å². The van der Waals surface area contributed by atoms with Crippen LogP contribution < -0.4 is 0 Å². The van der Waals surface area contributed by atoms with Gasteiger partial charge in [-0.05, 0) is 26.8 Å². The van der Waals surface area contributed by atoms with E-state index in [0.717, 1.165) is 22.2 Å². The topological polar surface area (TPSA) is 42.2 Å². The molecule has 0 aliphatic heterocycles. The van der Waals surface area contributed by atoms with Crippen LogP contribution in [0.4, 0.5) is 0 Å². The van der Waals surface area contributed by atoms with Crippen molar-refractivity contribution in [3.05, 3.63) is 71.4 Å². The molecule has 2 atom stereocenters. The van der Waals surface area contributed by atoms with Crippen LogP contribution >= 0.6 is 0 Å². The Kier molecular flexibility index (Phi) is 4.05. The number of carbonyl (C=O) groups is 1. The second kappa shape index (κ2) is 6.01. The molecule has 0 amide bonds. The van der Waals surface area contributed by atoms with Crippen molar-refractivity contribution in [3.63, 3.8) is 0 Å². The number of rotatable bonds is 4. The molecule has 0 aliphatic rings. The number of aromatic nitrogens is 1. The molecule has 0 radical (unpaired) electrons. The Balaban J connectivity index is 2.26. The number of ketones is 1. The lowest BCUT2D eigenvalue weighted by Gasteiger charge is -2.20. The highest BCUT2D eigenvalue weighted by Gasteiger charge is 2.24. The van der Waals surface area contributed by atoms with Crippen LogP contribution in [0.15, 0.2) is 54.6 Å². The number of fused-ring (bicyclic) bond motifs is 1. The first-order valence-electron chi connectivity index (χ1n) is 7.89. The summed E-state index contributed by atoms with van der Waals surface area (Å²) in [7, 11) is 0. The van der Waals surface area contributed by atoms with Gasteiger partial charge in [-0.1, -0.05) is 48.5 Å². The lowest BCUT2D eigenvalue weighted by atomic mass is 10.0. The van der Waals surface area contributed by atoms with Crippen molar-refractivity contribution in [2.75, 3.05) is 0 Å². The number of carbonyl (C=O) groups excluding carboxylic acids is 1. The SMILES string of the molecule is Cc1c(C(=O)c2ccccc2)c2ccccc2n1C(C)C(C)O. The van der Waals surface area contributed by atoms with E-state index in [-0.39, 0.29) is 11.8 Å². The molecule has 0 spiro atoms. The summed E-state index contributed by atoms with van der Waals surface area (Å²) in [6, 6.07) is 17.1. The predicted molar refractivity (Wildman–Crippen MR) is 92.9 cm³/mol. The smallest absolute Gasteiger partial charge is 0.195 e. The molecule has 23 heavy (non-hydrogen) atoms. The minimum atomic E-state index is -0.496. The molecule has 0 aliphatic carbocycles. The summed E-state index contributed by atoms with van der Waals surface area (Å²) in [5.74, 6) is 0.0239. The van der Waals surface area contributed by atoms with Crippen molar-refractivity contribution < 1.29 is 9.90 Å². The first-order chi connectivity index (χ1) is 11.0. The molecule has 3 rings (SSSR count). The molecule has 0 bridgehead atoms. The third-order valence-corrected chi connectivity index (χ3v) is 4.52. The zero-order chi connectivity index (χ0) is 16.6. The largest absolute Gasteiger partial charge is 0.391 e. The van der Waals surface area contributed by atoms with Gasteiger partial charge in [-0.2, -0.15) is 0 Å². The van der Waals surface area contributed by atoms with E-state index in [4.69, 9.17) is 0 Å².